The number of para-hydroxylation sites is 1. The molecule has 0 heterocycles. The Labute approximate surface area is 116 Å². The third kappa shape index (κ3) is 4.56. The molecule has 0 aliphatic rings. The van der Waals surface area contributed by atoms with Gasteiger partial charge in [0.15, 0.2) is 0 Å². The summed E-state index contributed by atoms with van der Waals surface area (Å²) in [5.41, 5.74) is 6.94. The van der Waals surface area contributed by atoms with Gasteiger partial charge in [-0.3, -0.25) is 4.79 Å². The maximum atomic E-state index is 11.8. The van der Waals surface area contributed by atoms with Crippen LogP contribution in [0.15, 0.2) is 30.3 Å². The van der Waals surface area contributed by atoms with Crippen molar-refractivity contribution in [2.45, 2.75) is 32.9 Å². The topological polar surface area (TPSA) is 58.4 Å². The van der Waals surface area contributed by atoms with Crippen LogP contribution in [0.2, 0.25) is 0 Å². The van der Waals surface area contributed by atoms with Crippen LogP contribution in [-0.2, 0) is 4.79 Å². The molecule has 1 unspecified atom stereocenters. The Morgan fingerprint density at radius 3 is 2.37 bits per heavy atom. The summed E-state index contributed by atoms with van der Waals surface area (Å²) in [5, 5.41) is 2.91. The first-order chi connectivity index (χ1) is 8.93. The van der Waals surface area contributed by atoms with Gasteiger partial charge in [-0.15, -0.1) is 0 Å². The van der Waals surface area contributed by atoms with E-state index in [4.69, 9.17) is 5.73 Å². The highest BCUT2D eigenvalue weighted by atomic mass is 16.2. The van der Waals surface area contributed by atoms with Gasteiger partial charge in [0.1, 0.15) is 0 Å². The number of hydrogen-bond donors (Lipinski definition) is 2. The number of likely N-dealkylation sites (N-methyl/N-ethyl adjacent to an activating group) is 1. The highest BCUT2D eigenvalue weighted by Gasteiger charge is 2.18. The maximum Gasteiger partial charge on any atom is 0.237 e. The molecular formula is C15H25N3O. The maximum absolute atomic E-state index is 11.8. The molecule has 0 saturated heterocycles. The zero-order valence-electron chi connectivity index (χ0n) is 12.3. The summed E-state index contributed by atoms with van der Waals surface area (Å²) in [6, 6.07) is 9.89. The Balaban J connectivity index is 2.47. The Morgan fingerprint density at radius 2 is 1.84 bits per heavy atom. The van der Waals surface area contributed by atoms with Crippen molar-refractivity contribution in [3.63, 3.8) is 0 Å². The molecule has 2 atom stereocenters. The van der Waals surface area contributed by atoms with E-state index in [2.05, 4.69) is 29.3 Å². The fraction of sp³-hybridized carbons (Fsp3) is 0.533. The lowest BCUT2D eigenvalue weighted by Gasteiger charge is -2.28. The molecule has 19 heavy (non-hydrogen) atoms. The molecule has 0 aromatic heterocycles. The zero-order chi connectivity index (χ0) is 14.4. The fourth-order valence-corrected chi connectivity index (χ4v) is 1.72. The van der Waals surface area contributed by atoms with Crippen molar-refractivity contribution < 1.29 is 4.79 Å². The van der Waals surface area contributed by atoms with E-state index < -0.39 is 6.04 Å². The quantitative estimate of drug-likeness (QED) is 0.820. The highest BCUT2D eigenvalue weighted by molar-refractivity contribution is 5.81. The second kappa shape index (κ2) is 7.14. The number of benzene rings is 1. The summed E-state index contributed by atoms with van der Waals surface area (Å²) in [5.74, 6) is 0.0745. The van der Waals surface area contributed by atoms with Crippen molar-refractivity contribution in [2.24, 2.45) is 11.7 Å². The van der Waals surface area contributed by atoms with Gasteiger partial charge in [0.2, 0.25) is 5.91 Å². The lowest BCUT2D eigenvalue weighted by atomic mass is 10.0. The molecule has 4 nitrogen and oxygen atoms in total. The van der Waals surface area contributed by atoms with Crippen molar-refractivity contribution in [3.8, 4) is 0 Å². The van der Waals surface area contributed by atoms with E-state index in [9.17, 15) is 4.79 Å². The average Bonchev–Trinajstić information content (AvgIpc) is 2.43. The van der Waals surface area contributed by atoms with Gasteiger partial charge < -0.3 is 16.0 Å². The molecule has 0 saturated carbocycles. The number of amides is 1. The number of nitrogens with zero attached hydrogens (tertiary/aromatic N) is 1. The van der Waals surface area contributed by atoms with Crippen LogP contribution in [0.25, 0.3) is 0 Å². The number of rotatable bonds is 6. The van der Waals surface area contributed by atoms with Gasteiger partial charge in [-0.25, -0.2) is 0 Å². The monoisotopic (exact) mass is 263 g/mol. The highest BCUT2D eigenvalue weighted by Crippen LogP contribution is 2.13. The first-order valence-corrected chi connectivity index (χ1v) is 6.74. The summed E-state index contributed by atoms with van der Waals surface area (Å²) < 4.78 is 0. The fourth-order valence-electron chi connectivity index (χ4n) is 1.72. The van der Waals surface area contributed by atoms with Crippen molar-refractivity contribution >= 4 is 11.6 Å². The minimum Gasteiger partial charge on any atom is -0.370 e. The van der Waals surface area contributed by atoms with Crippen molar-refractivity contribution in [1.82, 2.24) is 5.32 Å². The molecule has 1 amide bonds. The zero-order valence-corrected chi connectivity index (χ0v) is 12.3. The molecule has 4 heteroatoms. The lowest BCUT2D eigenvalue weighted by molar-refractivity contribution is -0.123. The largest absolute Gasteiger partial charge is 0.370 e. The summed E-state index contributed by atoms with van der Waals surface area (Å²) in [4.78, 5) is 13.9. The summed E-state index contributed by atoms with van der Waals surface area (Å²) in [6.07, 6.45) is 0. The molecule has 1 aromatic rings. The van der Waals surface area contributed by atoms with E-state index in [1.807, 2.05) is 39.1 Å². The third-order valence-electron chi connectivity index (χ3n) is 3.42. The molecule has 0 aliphatic carbocycles. The van der Waals surface area contributed by atoms with Crippen LogP contribution >= 0.6 is 0 Å². The molecular weight excluding hydrogens is 238 g/mol. The van der Waals surface area contributed by atoms with Crippen molar-refractivity contribution in [1.29, 1.82) is 0 Å². The van der Waals surface area contributed by atoms with E-state index in [1.165, 1.54) is 0 Å². The van der Waals surface area contributed by atoms with Gasteiger partial charge in [0, 0.05) is 25.3 Å². The number of nitrogens with one attached hydrogen (secondary N) is 1. The number of carbonyl (C=O) groups excluding carboxylic acids is 1. The summed E-state index contributed by atoms with van der Waals surface area (Å²) in [7, 11) is 2.02. The van der Waals surface area contributed by atoms with Crippen LogP contribution in [0.4, 0.5) is 5.69 Å². The molecule has 1 aromatic carbocycles. The predicted octanol–water partition coefficient (Wildman–Crippen LogP) is 1.61. The van der Waals surface area contributed by atoms with E-state index in [0.29, 0.717) is 6.54 Å². The molecule has 0 radical (unpaired) electrons. The van der Waals surface area contributed by atoms with Gasteiger partial charge in [-0.2, -0.15) is 0 Å². The van der Waals surface area contributed by atoms with Crippen LogP contribution in [0.5, 0.6) is 0 Å². The van der Waals surface area contributed by atoms with E-state index >= 15 is 0 Å². The number of anilines is 1. The number of carbonyl (C=O) groups is 1. The van der Waals surface area contributed by atoms with Crippen molar-refractivity contribution in [3.05, 3.63) is 30.3 Å². The summed E-state index contributed by atoms with van der Waals surface area (Å²) in [6.45, 7) is 6.56. The van der Waals surface area contributed by atoms with Crippen molar-refractivity contribution in [2.75, 3.05) is 18.5 Å². The Bertz CT molecular complexity index is 392. The van der Waals surface area contributed by atoms with Crippen LogP contribution < -0.4 is 16.0 Å². The van der Waals surface area contributed by atoms with Gasteiger partial charge in [0.25, 0.3) is 0 Å². The van der Waals surface area contributed by atoms with Crippen LogP contribution in [0.1, 0.15) is 20.8 Å². The lowest BCUT2D eigenvalue weighted by Crippen LogP contribution is -2.48. The van der Waals surface area contributed by atoms with E-state index in [1.54, 1.807) is 0 Å². The van der Waals surface area contributed by atoms with E-state index in [0.717, 1.165) is 5.69 Å². The molecule has 1 rings (SSSR count). The summed E-state index contributed by atoms with van der Waals surface area (Å²) >= 11 is 0. The molecule has 0 spiro atoms. The predicted molar refractivity (Wildman–Crippen MR) is 80.1 cm³/mol. The molecule has 0 bridgehead atoms. The standard InChI is InChI=1S/C15H25N3O/c1-11(2)14(16)15(19)17-10-12(3)18(4)13-8-6-5-7-9-13/h5-9,11-12,14H,10,16H2,1-4H3,(H,17,19)/t12?,14-/m0/s1. The van der Waals surface area contributed by atoms with Crippen LogP contribution in [-0.4, -0.2) is 31.6 Å². The van der Waals surface area contributed by atoms with Crippen LogP contribution in [0.3, 0.4) is 0 Å². The Hall–Kier alpha value is -1.55. The molecule has 3 N–H and O–H groups in total. The SMILES string of the molecule is CC(C)[C@H](N)C(=O)NCC(C)N(C)c1ccccc1. The first kappa shape index (κ1) is 15.5. The number of nitrogens with two attached hydrogens (primary N) is 1. The van der Waals surface area contributed by atoms with Gasteiger partial charge >= 0.3 is 0 Å². The van der Waals surface area contributed by atoms with Crippen LogP contribution in [0, 0.1) is 5.92 Å². The van der Waals surface area contributed by atoms with Gasteiger partial charge in [-0.1, -0.05) is 32.0 Å². The molecule has 0 fully saturated rings. The first-order valence-electron chi connectivity index (χ1n) is 6.74. The minimum absolute atomic E-state index is 0.0803. The smallest absolute Gasteiger partial charge is 0.237 e. The van der Waals surface area contributed by atoms with E-state index in [-0.39, 0.29) is 17.9 Å². The Kier molecular flexibility index (Phi) is 5.83. The second-order valence-corrected chi connectivity index (χ2v) is 5.31. The third-order valence-corrected chi connectivity index (χ3v) is 3.42. The normalized spacial score (nSPS) is 14.0. The number of hydrogen-bond acceptors (Lipinski definition) is 3. The second-order valence-electron chi connectivity index (χ2n) is 5.31. The minimum atomic E-state index is -0.436. The van der Waals surface area contributed by atoms with Gasteiger partial charge in [-0.05, 0) is 25.0 Å². The molecule has 106 valence electrons. The Morgan fingerprint density at radius 1 is 1.26 bits per heavy atom. The average molecular weight is 263 g/mol. The van der Waals surface area contributed by atoms with Gasteiger partial charge in [0.05, 0.1) is 6.04 Å². The molecule has 0 aliphatic heterocycles.